The lowest BCUT2D eigenvalue weighted by Crippen LogP contribution is -2.17. The molecule has 2 heterocycles. The first kappa shape index (κ1) is 8.11. The van der Waals surface area contributed by atoms with Crippen LogP contribution in [0.25, 0.3) is 0 Å². The number of nitrogens with one attached hydrogen (secondary N) is 1. The zero-order valence-electron chi connectivity index (χ0n) is 7.01. The summed E-state index contributed by atoms with van der Waals surface area (Å²) in [6.45, 7) is 0.706. The van der Waals surface area contributed by atoms with Crippen molar-refractivity contribution < 1.29 is 0 Å². The fraction of sp³-hybridized carbons (Fsp3) is 0.333. The molecule has 0 spiro atoms. The highest BCUT2D eigenvalue weighted by atomic mass is 32.1. The molecule has 0 amide bonds. The topological polar surface area (TPSA) is 70.6 Å². The fourth-order valence-corrected chi connectivity index (χ4v) is 1.59. The van der Waals surface area contributed by atoms with Crippen LogP contribution < -0.4 is 4.90 Å². The molecule has 0 unspecified atom stereocenters. The van der Waals surface area contributed by atoms with Crippen LogP contribution in [-0.4, -0.2) is 32.7 Å². The third-order valence-electron chi connectivity index (χ3n) is 1.53. The molecule has 0 aromatic carbocycles. The molecule has 7 heteroatoms. The van der Waals surface area contributed by atoms with Gasteiger partial charge in [0.15, 0.2) is 0 Å². The molecule has 0 atom stereocenters. The van der Waals surface area contributed by atoms with E-state index in [4.69, 9.17) is 0 Å². The molecule has 0 radical (unpaired) electrons. The van der Waals surface area contributed by atoms with Crippen molar-refractivity contribution in [1.82, 2.24) is 25.6 Å². The van der Waals surface area contributed by atoms with Gasteiger partial charge in [-0.1, -0.05) is 5.10 Å². The molecule has 0 bridgehead atoms. The third kappa shape index (κ3) is 1.81. The first-order valence-corrected chi connectivity index (χ1v) is 4.57. The van der Waals surface area contributed by atoms with E-state index >= 15 is 0 Å². The molecule has 0 fully saturated rings. The molecule has 0 aliphatic heterocycles. The fourth-order valence-electron chi connectivity index (χ4n) is 0.923. The third-order valence-corrected chi connectivity index (χ3v) is 2.30. The van der Waals surface area contributed by atoms with Crippen LogP contribution in [0, 0.1) is 0 Å². The highest BCUT2D eigenvalue weighted by Gasteiger charge is 2.06. The van der Waals surface area contributed by atoms with Gasteiger partial charge in [-0.2, -0.15) is 5.21 Å². The summed E-state index contributed by atoms with van der Waals surface area (Å²) < 4.78 is 0. The van der Waals surface area contributed by atoms with Crippen LogP contribution in [0.2, 0.25) is 0 Å². The minimum absolute atomic E-state index is 0.579. The van der Waals surface area contributed by atoms with Gasteiger partial charge >= 0.3 is 0 Å². The standard InChI is InChI=1S/C6H8N6S/c1-12(6-8-10-11-9-6)4-5-7-2-3-13-5/h2-3H,4H2,1H3,(H,8,9,10,11). The van der Waals surface area contributed by atoms with Gasteiger partial charge < -0.3 is 4.90 Å². The molecule has 0 aliphatic carbocycles. The van der Waals surface area contributed by atoms with Gasteiger partial charge in [-0.25, -0.2) is 4.98 Å². The van der Waals surface area contributed by atoms with E-state index in [-0.39, 0.29) is 0 Å². The van der Waals surface area contributed by atoms with Crippen LogP contribution in [0.5, 0.6) is 0 Å². The van der Waals surface area contributed by atoms with Crippen LogP contribution in [-0.2, 0) is 6.54 Å². The zero-order valence-corrected chi connectivity index (χ0v) is 7.82. The normalized spacial score (nSPS) is 10.2. The van der Waals surface area contributed by atoms with E-state index in [9.17, 15) is 0 Å². The SMILES string of the molecule is CN(Cc1nccs1)c1nn[nH]n1. The summed E-state index contributed by atoms with van der Waals surface area (Å²) in [6, 6.07) is 0. The predicted octanol–water partition coefficient (Wildman–Crippen LogP) is 0.293. The maximum Gasteiger partial charge on any atom is 0.265 e. The summed E-state index contributed by atoms with van der Waals surface area (Å²) in [6.07, 6.45) is 1.78. The second-order valence-corrected chi connectivity index (χ2v) is 3.47. The van der Waals surface area contributed by atoms with E-state index in [0.717, 1.165) is 5.01 Å². The second kappa shape index (κ2) is 3.48. The molecule has 13 heavy (non-hydrogen) atoms. The van der Waals surface area contributed by atoms with Gasteiger partial charge in [-0.15, -0.1) is 16.4 Å². The van der Waals surface area contributed by atoms with Gasteiger partial charge in [-0.3, -0.25) is 0 Å². The van der Waals surface area contributed by atoms with Gasteiger partial charge in [-0.05, 0) is 5.21 Å². The predicted molar refractivity (Wildman–Crippen MR) is 48.4 cm³/mol. The maximum atomic E-state index is 4.16. The zero-order chi connectivity index (χ0) is 9.10. The molecule has 2 aromatic heterocycles. The number of tetrazole rings is 1. The summed E-state index contributed by atoms with van der Waals surface area (Å²) in [5.41, 5.74) is 0. The summed E-state index contributed by atoms with van der Waals surface area (Å²) in [5, 5.41) is 16.6. The Bertz CT molecular complexity index is 341. The molecule has 0 saturated carbocycles. The Balaban J connectivity index is 2.04. The van der Waals surface area contributed by atoms with Crippen molar-refractivity contribution in [2.24, 2.45) is 0 Å². The van der Waals surface area contributed by atoms with E-state index in [1.807, 2.05) is 17.3 Å². The first-order valence-electron chi connectivity index (χ1n) is 3.69. The van der Waals surface area contributed by atoms with Crippen molar-refractivity contribution >= 4 is 17.3 Å². The van der Waals surface area contributed by atoms with Crippen molar-refractivity contribution in [3.63, 3.8) is 0 Å². The number of aromatic nitrogens is 5. The van der Waals surface area contributed by atoms with Crippen LogP contribution in [0.1, 0.15) is 5.01 Å². The molecular formula is C6H8N6S. The number of rotatable bonds is 3. The second-order valence-electron chi connectivity index (χ2n) is 2.49. The number of hydrogen-bond donors (Lipinski definition) is 1. The Morgan fingerprint density at radius 2 is 2.54 bits per heavy atom. The summed E-state index contributed by atoms with van der Waals surface area (Å²) in [4.78, 5) is 6.03. The van der Waals surface area contributed by atoms with Gasteiger partial charge in [0, 0.05) is 18.6 Å². The minimum atomic E-state index is 0.579. The van der Waals surface area contributed by atoms with Crippen molar-refractivity contribution in [3.8, 4) is 0 Å². The van der Waals surface area contributed by atoms with Crippen LogP contribution in [0.15, 0.2) is 11.6 Å². The highest BCUT2D eigenvalue weighted by molar-refractivity contribution is 7.09. The van der Waals surface area contributed by atoms with Crippen molar-refractivity contribution in [2.75, 3.05) is 11.9 Å². The molecular weight excluding hydrogens is 188 g/mol. The Morgan fingerprint density at radius 3 is 3.15 bits per heavy atom. The van der Waals surface area contributed by atoms with Crippen LogP contribution in [0.3, 0.4) is 0 Å². The minimum Gasteiger partial charge on any atom is -0.335 e. The Kier molecular flexibility index (Phi) is 2.17. The lowest BCUT2D eigenvalue weighted by atomic mass is 10.6. The quantitative estimate of drug-likeness (QED) is 0.764. The largest absolute Gasteiger partial charge is 0.335 e. The molecule has 2 rings (SSSR count). The number of thiazole rings is 1. The van der Waals surface area contributed by atoms with Gasteiger partial charge in [0.25, 0.3) is 5.95 Å². The van der Waals surface area contributed by atoms with E-state index in [0.29, 0.717) is 12.5 Å². The van der Waals surface area contributed by atoms with E-state index in [2.05, 4.69) is 25.6 Å². The number of nitrogens with zero attached hydrogens (tertiary/aromatic N) is 5. The molecule has 2 aromatic rings. The van der Waals surface area contributed by atoms with Crippen LogP contribution in [0.4, 0.5) is 5.95 Å². The van der Waals surface area contributed by atoms with Gasteiger partial charge in [0.05, 0.1) is 6.54 Å². The average Bonchev–Trinajstić information content (AvgIpc) is 2.74. The van der Waals surface area contributed by atoms with Crippen molar-refractivity contribution in [2.45, 2.75) is 6.54 Å². The number of H-pyrrole nitrogens is 1. The molecule has 68 valence electrons. The van der Waals surface area contributed by atoms with Gasteiger partial charge in [0.2, 0.25) is 0 Å². The Hall–Kier alpha value is -1.50. The lowest BCUT2D eigenvalue weighted by Gasteiger charge is -2.10. The number of aromatic amines is 1. The Labute approximate surface area is 78.6 Å². The van der Waals surface area contributed by atoms with E-state index in [1.54, 1.807) is 17.5 Å². The monoisotopic (exact) mass is 196 g/mol. The molecule has 6 nitrogen and oxygen atoms in total. The maximum absolute atomic E-state index is 4.16. The summed E-state index contributed by atoms with van der Waals surface area (Å²) in [5.74, 6) is 0.579. The molecule has 0 aliphatic rings. The first-order chi connectivity index (χ1) is 6.36. The van der Waals surface area contributed by atoms with Crippen LogP contribution >= 0.6 is 11.3 Å². The Morgan fingerprint density at radius 1 is 1.62 bits per heavy atom. The number of anilines is 1. The highest BCUT2D eigenvalue weighted by Crippen LogP contribution is 2.09. The van der Waals surface area contributed by atoms with Crippen molar-refractivity contribution in [3.05, 3.63) is 16.6 Å². The van der Waals surface area contributed by atoms with E-state index < -0.39 is 0 Å². The van der Waals surface area contributed by atoms with E-state index in [1.165, 1.54) is 0 Å². The number of hydrogen-bond acceptors (Lipinski definition) is 6. The molecule has 0 saturated heterocycles. The smallest absolute Gasteiger partial charge is 0.265 e. The van der Waals surface area contributed by atoms with Gasteiger partial charge in [0.1, 0.15) is 5.01 Å². The van der Waals surface area contributed by atoms with Crippen molar-refractivity contribution in [1.29, 1.82) is 0 Å². The lowest BCUT2D eigenvalue weighted by molar-refractivity contribution is 0.862. The summed E-state index contributed by atoms with van der Waals surface area (Å²) in [7, 11) is 1.90. The summed E-state index contributed by atoms with van der Waals surface area (Å²) >= 11 is 1.61. The average molecular weight is 196 g/mol. The molecule has 1 N–H and O–H groups in total.